The van der Waals surface area contributed by atoms with Crippen LogP contribution in [0, 0.1) is 17.7 Å². The summed E-state index contributed by atoms with van der Waals surface area (Å²) in [6, 6.07) is 2.73. The Hall–Kier alpha value is -0.720. The molecule has 1 aromatic carbocycles. The smallest absolute Gasteiger partial charge is 0.148 e. The minimum atomic E-state index is -0.527. The monoisotopic (exact) mass is 275 g/mol. The molecule has 4 heteroatoms. The lowest BCUT2D eigenvalue weighted by atomic mass is 10.2. The van der Waals surface area contributed by atoms with Crippen LogP contribution in [0.5, 0.6) is 0 Å². The van der Waals surface area contributed by atoms with Crippen molar-refractivity contribution in [2.24, 2.45) is 0 Å². The molecule has 1 rings (SSSR count). The minimum absolute atomic E-state index is 0.0523. The molecule has 0 amide bonds. The number of halogens is 3. The van der Waals surface area contributed by atoms with E-state index in [0.717, 1.165) is 5.33 Å². The van der Waals surface area contributed by atoms with Crippen molar-refractivity contribution in [1.82, 2.24) is 0 Å². The van der Waals surface area contributed by atoms with Gasteiger partial charge >= 0.3 is 0 Å². The molecule has 74 valence electrons. The first-order valence-electron chi connectivity index (χ1n) is 3.94. The van der Waals surface area contributed by atoms with E-state index < -0.39 is 5.82 Å². The van der Waals surface area contributed by atoms with Crippen LogP contribution in [0.2, 0.25) is 5.02 Å². The number of anilines is 1. The van der Waals surface area contributed by atoms with E-state index in [1.807, 2.05) is 0 Å². The summed E-state index contributed by atoms with van der Waals surface area (Å²) in [6.07, 6.45) is 0.688. The predicted molar refractivity (Wildman–Crippen MR) is 61.1 cm³/mol. The zero-order valence-electron chi connectivity index (χ0n) is 7.28. The third kappa shape index (κ3) is 2.90. The van der Waals surface area contributed by atoms with Gasteiger partial charge in [0.2, 0.25) is 0 Å². The van der Waals surface area contributed by atoms with Crippen molar-refractivity contribution in [2.75, 3.05) is 11.1 Å². The lowest BCUT2D eigenvalue weighted by molar-refractivity contribution is 0.632. The van der Waals surface area contributed by atoms with Gasteiger partial charge in [-0.25, -0.2) is 4.39 Å². The summed E-state index contributed by atoms with van der Waals surface area (Å²) >= 11 is 8.90. The number of alkyl halides is 1. The Morgan fingerprint density at radius 3 is 2.86 bits per heavy atom. The quantitative estimate of drug-likeness (QED) is 0.476. The first kappa shape index (κ1) is 11.4. The molecule has 1 nitrogen and oxygen atoms in total. The van der Waals surface area contributed by atoms with Crippen LogP contribution in [-0.2, 0) is 0 Å². The third-order valence-corrected chi connectivity index (χ3v) is 2.15. The van der Waals surface area contributed by atoms with Gasteiger partial charge in [-0.05, 0) is 12.1 Å². The molecule has 0 aromatic heterocycles. The van der Waals surface area contributed by atoms with Gasteiger partial charge in [-0.15, -0.1) is 0 Å². The summed E-state index contributed by atoms with van der Waals surface area (Å²) in [5.41, 5.74) is 5.98. The second-order valence-electron chi connectivity index (χ2n) is 2.59. The molecule has 0 bridgehead atoms. The molecule has 0 saturated carbocycles. The van der Waals surface area contributed by atoms with Crippen LogP contribution in [0.15, 0.2) is 12.1 Å². The zero-order chi connectivity index (χ0) is 10.6. The Labute approximate surface area is 95.6 Å². The highest BCUT2D eigenvalue weighted by Crippen LogP contribution is 2.21. The number of rotatable bonds is 1. The Morgan fingerprint density at radius 1 is 1.50 bits per heavy atom. The summed E-state index contributed by atoms with van der Waals surface area (Å²) in [6.45, 7) is 0. The first-order chi connectivity index (χ1) is 6.65. The van der Waals surface area contributed by atoms with Gasteiger partial charge in [0.1, 0.15) is 5.82 Å². The van der Waals surface area contributed by atoms with Crippen molar-refractivity contribution in [1.29, 1.82) is 0 Å². The van der Waals surface area contributed by atoms with Crippen LogP contribution in [0.4, 0.5) is 10.1 Å². The lowest BCUT2D eigenvalue weighted by Gasteiger charge is -2.00. The number of nitrogens with two attached hydrogens (primary N) is 1. The molecule has 0 heterocycles. The van der Waals surface area contributed by atoms with E-state index in [9.17, 15) is 4.39 Å². The molecule has 2 N–H and O–H groups in total. The van der Waals surface area contributed by atoms with Crippen molar-refractivity contribution in [3.05, 3.63) is 28.5 Å². The Morgan fingerprint density at radius 2 is 2.21 bits per heavy atom. The average Bonchev–Trinajstić information content (AvgIpc) is 2.13. The number of nitrogen functional groups attached to an aromatic ring is 1. The van der Waals surface area contributed by atoms with Gasteiger partial charge < -0.3 is 5.73 Å². The van der Waals surface area contributed by atoms with E-state index >= 15 is 0 Å². The predicted octanol–water partition coefficient (Wildman–Crippen LogP) is 3.20. The summed E-state index contributed by atoms with van der Waals surface area (Å²) in [5.74, 6) is 5.08. The van der Waals surface area contributed by atoms with Gasteiger partial charge in [0.15, 0.2) is 0 Å². The average molecular weight is 277 g/mol. The highest BCUT2D eigenvalue weighted by atomic mass is 79.9. The van der Waals surface area contributed by atoms with Crippen molar-refractivity contribution < 1.29 is 4.39 Å². The molecule has 0 atom stereocenters. The Balaban J connectivity index is 3.04. The molecule has 0 unspecified atom stereocenters. The molecule has 0 fully saturated rings. The van der Waals surface area contributed by atoms with E-state index in [4.69, 9.17) is 17.3 Å². The zero-order valence-corrected chi connectivity index (χ0v) is 9.62. The van der Waals surface area contributed by atoms with E-state index in [1.165, 1.54) is 6.07 Å². The lowest BCUT2D eigenvalue weighted by Crippen LogP contribution is -1.94. The van der Waals surface area contributed by atoms with Crippen molar-refractivity contribution >= 4 is 33.2 Å². The maximum atomic E-state index is 13.1. The topological polar surface area (TPSA) is 26.0 Å². The van der Waals surface area contributed by atoms with Crippen molar-refractivity contribution in [3.63, 3.8) is 0 Å². The SMILES string of the molecule is Nc1c(F)cc(Cl)cc1C#CCCBr. The second-order valence-corrected chi connectivity index (χ2v) is 3.82. The fourth-order valence-electron chi connectivity index (χ4n) is 0.893. The highest BCUT2D eigenvalue weighted by Gasteiger charge is 2.04. The van der Waals surface area contributed by atoms with Crippen molar-refractivity contribution in [3.8, 4) is 11.8 Å². The molecule has 0 aliphatic carbocycles. The molecule has 0 saturated heterocycles. The normalized spacial score (nSPS) is 9.36. The molecule has 0 spiro atoms. The van der Waals surface area contributed by atoms with Crippen LogP contribution in [0.25, 0.3) is 0 Å². The van der Waals surface area contributed by atoms with Gasteiger partial charge in [0.05, 0.1) is 11.3 Å². The fraction of sp³-hybridized carbons (Fsp3) is 0.200. The molecule has 1 aromatic rings. The van der Waals surface area contributed by atoms with E-state index in [2.05, 4.69) is 27.8 Å². The highest BCUT2D eigenvalue weighted by molar-refractivity contribution is 9.09. The maximum Gasteiger partial charge on any atom is 0.148 e. The number of benzene rings is 1. The van der Waals surface area contributed by atoms with Gasteiger partial charge in [-0.2, -0.15) is 0 Å². The standard InChI is InChI=1S/C10H8BrClFN/c11-4-2-1-3-7-5-8(12)6-9(13)10(7)14/h5-6H,2,4,14H2. The molecule has 0 aliphatic rings. The largest absolute Gasteiger partial charge is 0.395 e. The maximum absolute atomic E-state index is 13.1. The Kier molecular flexibility index (Phi) is 4.24. The third-order valence-electron chi connectivity index (χ3n) is 1.54. The Bertz CT molecular complexity index is 395. The second kappa shape index (κ2) is 5.23. The summed E-state index contributed by atoms with van der Waals surface area (Å²) < 4.78 is 13.1. The van der Waals surface area contributed by atoms with E-state index in [0.29, 0.717) is 17.0 Å². The fourth-order valence-corrected chi connectivity index (χ4v) is 1.30. The van der Waals surface area contributed by atoms with Crippen LogP contribution in [0.3, 0.4) is 0 Å². The minimum Gasteiger partial charge on any atom is -0.395 e. The molecular formula is C10H8BrClFN. The van der Waals surface area contributed by atoms with Crippen LogP contribution >= 0.6 is 27.5 Å². The molecule has 0 aliphatic heterocycles. The summed E-state index contributed by atoms with van der Waals surface area (Å²) in [5, 5.41) is 1.09. The van der Waals surface area contributed by atoms with E-state index in [-0.39, 0.29) is 5.69 Å². The van der Waals surface area contributed by atoms with Crippen LogP contribution in [-0.4, -0.2) is 5.33 Å². The molecule has 14 heavy (non-hydrogen) atoms. The van der Waals surface area contributed by atoms with Gasteiger partial charge in [0.25, 0.3) is 0 Å². The van der Waals surface area contributed by atoms with Crippen molar-refractivity contribution in [2.45, 2.75) is 6.42 Å². The van der Waals surface area contributed by atoms with E-state index in [1.54, 1.807) is 6.07 Å². The summed E-state index contributed by atoms with van der Waals surface area (Å²) in [4.78, 5) is 0. The summed E-state index contributed by atoms with van der Waals surface area (Å²) in [7, 11) is 0. The van der Waals surface area contributed by atoms with Crippen LogP contribution < -0.4 is 5.73 Å². The molecule has 0 radical (unpaired) electrons. The number of hydrogen-bond donors (Lipinski definition) is 1. The number of hydrogen-bond acceptors (Lipinski definition) is 1. The van der Waals surface area contributed by atoms with Crippen LogP contribution in [0.1, 0.15) is 12.0 Å². The van der Waals surface area contributed by atoms with Gasteiger partial charge in [0, 0.05) is 16.8 Å². The van der Waals surface area contributed by atoms with Gasteiger partial charge in [-0.1, -0.05) is 39.4 Å². The first-order valence-corrected chi connectivity index (χ1v) is 5.44. The van der Waals surface area contributed by atoms with Gasteiger partial charge in [-0.3, -0.25) is 0 Å². The molecular weight excluding hydrogens is 268 g/mol.